The second-order valence-corrected chi connectivity index (χ2v) is 11.4. The summed E-state index contributed by atoms with van der Waals surface area (Å²) in [5.74, 6) is -4.44. The predicted molar refractivity (Wildman–Crippen MR) is 160 cm³/mol. The number of ketones is 1. The number of benzene rings is 3. The molecule has 1 aliphatic rings. The minimum atomic E-state index is -1.67. The lowest BCUT2D eigenvalue weighted by atomic mass is 9.61. The van der Waals surface area contributed by atoms with Gasteiger partial charge in [-0.15, -0.1) is 0 Å². The highest BCUT2D eigenvalue weighted by Gasteiger charge is 2.56. The third kappa shape index (κ3) is 5.65. The Balaban J connectivity index is 1.81. The van der Waals surface area contributed by atoms with Crippen LogP contribution in [0.2, 0.25) is 0 Å². The van der Waals surface area contributed by atoms with E-state index in [9.17, 15) is 19.5 Å². The van der Waals surface area contributed by atoms with Crippen molar-refractivity contribution in [2.45, 2.75) is 52.6 Å². The van der Waals surface area contributed by atoms with Crippen molar-refractivity contribution >= 4 is 34.7 Å². The van der Waals surface area contributed by atoms with E-state index in [2.05, 4.69) is 10.6 Å². The van der Waals surface area contributed by atoms with Gasteiger partial charge in [0.25, 0.3) is 0 Å². The molecule has 0 radical (unpaired) electrons. The molecule has 1 saturated carbocycles. The van der Waals surface area contributed by atoms with Gasteiger partial charge in [-0.2, -0.15) is 0 Å². The largest absolute Gasteiger partial charge is 0.389 e. The number of carbonyl (C=O) groups excluding carboxylic acids is 3. The van der Waals surface area contributed by atoms with E-state index >= 15 is 0 Å². The maximum atomic E-state index is 14.0. The van der Waals surface area contributed by atoms with Crippen LogP contribution in [-0.4, -0.2) is 42.4 Å². The lowest BCUT2D eigenvalue weighted by molar-refractivity contribution is -0.150. The van der Waals surface area contributed by atoms with Gasteiger partial charge >= 0.3 is 0 Å². The van der Waals surface area contributed by atoms with Gasteiger partial charge in [0.1, 0.15) is 11.7 Å². The van der Waals surface area contributed by atoms with Crippen molar-refractivity contribution in [1.29, 1.82) is 0 Å². The van der Waals surface area contributed by atoms with Crippen LogP contribution >= 0.6 is 0 Å². The summed E-state index contributed by atoms with van der Waals surface area (Å²) in [5, 5.41) is 17.5. The summed E-state index contributed by atoms with van der Waals surface area (Å²) >= 11 is 0. The number of amides is 2. The number of hydrogen-bond acceptors (Lipinski definition) is 5. The van der Waals surface area contributed by atoms with E-state index in [4.69, 9.17) is 0 Å². The fraction of sp³-hybridized carbons (Fsp3) is 0.364. The number of carbonyl (C=O) groups is 3. The Morgan fingerprint density at radius 3 is 1.82 bits per heavy atom. The molecule has 7 nitrogen and oxygen atoms in total. The highest BCUT2D eigenvalue weighted by molar-refractivity contribution is 6.10. The lowest BCUT2D eigenvalue weighted by Gasteiger charge is -2.44. The molecule has 0 bridgehead atoms. The number of nitrogens with one attached hydrogen (secondary N) is 2. The minimum absolute atomic E-state index is 0.310. The van der Waals surface area contributed by atoms with E-state index in [0.717, 1.165) is 27.9 Å². The van der Waals surface area contributed by atoms with E-state index in [1.54, 1.807) is 6.07 Å². The highest BCUT2D eigenvalue weighted by atomic mass is 16.3. The van der Waals surface area contributed by atoms with Crippen LogP contribution in [-0.2, 0) is 14.4 Å². The van der Waals surface area contributed by atoms with Crippen LogP contribution in [0.25, 0.3) is 0 Å². The van der Waals surface area contributed by atoms with Crippen molar-refractivity contribution in [3.63, 3.8) is 0 Å². The van der Waals surface area contributed by atoms with Crippen LogP contribution in [0.4, 0.5) is 17.1 Å². The molecule has 1 fully saturated rings. The van der Waals surface area contributed by atoms with Crippen molar-refractivity contribution in [2.24, 2.45) is 11.8 Å². The lowest BCUT2D eigenvalue weighted by Crippen LogP contribution is -2.56. The zero-order valence-electron chi connectivity index (χ0n) is 24.3. The zero-order valence-corrected chi connectivity index (χ0v) is 24.3. The normalized spacial score (nSPS) is 22.5. The van der Waals surface area contributed by atoms with Gasteiger partial charge < -0.3 is 20.6 Å². The quantitative estimate of drug-likeness (QED) is 0.368. The Labute approximate surface area is 236 Å². The number of nitrogens with zero attached hydrogens (tertiary/aromatic N) is 1. The second kappa shape index (κ2) is 11.3. The molecule has 4 unspecified atom stereocenters. The first-order valence-corrected chi connectivity index (χ1v) is 13.6. The molecule has 0 aliphatic heterocycles. The summed E-state index contributed by atoms with van der Waals surface area (Å²) in [6, 6.07) is 18.7. The van der Waals surface area contributed by atoms with Crippen LogP contribution < -0.4 is 15.5 Å². The third-order valence-corrected chi connectivity index (χ3v) is 8.35. The summed E-state index contributed by atoms with van der Waals surface area (Å²) in [5.41, 5.74) is 5.01. The monoisotopic (exact) mass is 541 g/mol. The first-order chi connectivity index (χ1) is 18.8. The molecular weight excluding hydrogens is 502 g/mol. The summed E-state index contributed by atoms with van der Waals surface area (Å²) in [6.45, 7) is 9.26. The van der Waals surface area contributed by atoms with E-state index < -0.39 is 41.0 Å². The minimum Gasteiger partial charge on any atom is -0.389 e. The van der Waals surface area contributed by atoms with Crippen LogP contribution in [0, 0.1) is 39.5 Å². The Bertz CT molecular complexity index is 1440. The number of rotatable bonds is 6. The number of aliphatic hydroxyl groups is 1. The average Bonchev–Trinajstić information content (AvgIpc) is 2.88. The van der Waals surface area contributed by atoms with Crippen molar-refractivity contribution in [3.8, 4) is 0 Å². The van der Waals surface area contributed by atoms with E-state index in [1.807, 2.05) is 101 Å². The van der Waals surface area contributed by atoms with Crippen LogP contribution in [0.1, 0.15) is 47.1 Å². The van der Waals surface area contributed by atoms with Gasteiger partial charge in [-0.05, 0) is 86.7 Å². The molecule has 0 spiro atoms. The van der Waals surface area contributed by atoms with Crippen LogP contribution in [0.15, 0.2) is 60.7 Å². The predicted octanol–water partition coefficient (Wildman–Crippen LogP) is 5.30. The summed E-state index contributed by atoms with van der Waals surface area (Å²) in [7, 11) is 3.84. The zero-order chi connectivity index (χ0) is 29.4. The molecule has 4 rings (SSSR count). The summed E-state index contributed by atoms with van der Waals surface area (Å²) < 4.78 is 0. The SMILES string of the molecule is Cc1cccc(NC(=O)C2C(=O)CC(C)(O)C(C(=O)Nc3cccc(C)c3C)C2c2ccc(N(C)C)cc2)c1C. The number of aryl methyl sites for hydroxylation is 2. The second-order valence-electron chi connectivity index (χ2n) is 11.4. The average molecular weight is 542 g/mol. The molecule has 0 heterocycles. The Morgan fingerprint density at radius 2 is 1.32 bits per heavy atom. The molecular formula is C33H39N3O4. The highest BCUT2D eigenvalue weighted by Crippen LogP contribution is 2.47. The van der Waals surface area contributed by atoms with E-state index in [-0.39, 0.29) is 6.42 Å². The van der Waals surface area contributed by atoms with Crippen LogP contribution in [0.3, 0.4) is 0 Å². The fourth-order valence-electron chi connectivity index (χ4n) is 5.68. The van der Waals surface area contributed by atoms with Gasteiger partial charge in [0, 0.05) is 43.5 Å². The topological polar surface area (TPSA) is 98.7 Å². The summed E-state index contributed by atoms with van der Waals surface area (Å²) in [4.78, 5) is 43.5. The van der Waals surface area contributed by atoms with Gasteiger partial charge in [-0.25, -0.2) is 0 Å². The molecule has 210 valence electrons. The maximum Gasteiger partial charge on any atom is 0.235 e. The van der Waals surface area contributed by atoms with Crippen molar-refractivity contribution in [2.75, 3.05) is 29.6 Å². The smallest absolute Gasteiger partial charge is 0.235 e. The number of hydrogen-bond donors (Lipinski definition) is 3. The Hall–Kier alpha value is -3.97. The molecule has 3 aromatic rings. The first-order valence-electron chi connectivity index (χ1n) is 13.6. The van der Waals surface area contributed by atoms with Crippen molar-refractivity contribution < 1.29 is 19.5 Å². The van der Waals surface area contributed by atoms with Gasteiger partial charge in [0.05, 0.1) is 11.5 Å². The number of anilines is 3. The van der Waals surface area contributed by atoms with Gasteiger partial charge in [-0.3, -0.25) is 14.4 Å². The molecule has 4 atom stereocenters. The molecule has 0 saturated heterocycles. The Kier molecular flexibility index (Phi) is 8.17. The molecule has 1 aliphatic carbocycles. The Morgan fingerprint density at radius 1 is 0.825 bits per heavy atom. The van der Waals surface area contributed by atoms with Crippen molar-refractivity contribution in [3.05, 3.63) is 88.5 Å². The van der Waals surface area contributed by atoms with Crippen LogP contribution in [0.5, 0.6) is 0 Å². The molecule has 7 heteroatoms. The van der Waals surface area contributed by atoms with Gasteiger partial charge in [0.15, 0.2) is 0 Å². The van der Waals surface area contributed by atoms with Crippen molar-refractivity contribution in [1.82, 2.24) is 0 Å². The molecule has 3 aromatic carbocycles. The fourth-order valence-corrected chi connectivity index (χ4v) is 5.68. The first kappa shape index (κ1) is 29.0. The van der Waals surface area contributed by atoms with Gasteiger partial charge in [0.2, 0.25) is 11.8 Å². The number of Topliss-reactive ketones (excluding diaryl/α,β-unsaturated/α-hetero) is 1. The van der Waals surface area contributed by atoms with E-state index in [0.29, 0.717) is 16.9 Å². The third-order valence-electron chi connectivity index (χ3n) is 8.35. The molecule has 2 amide bonds. The molecule has 3 N–H and O–H groups in total. The maximum absolute atomic E-state index is 14.0. The van der Waals surface area contributed by atoms with E-state index in [1.165, 1.54) is 6.92 Å². The van der Waals surface area contributed by atoms with Gasteiger partial charge in [-0.1, -0.05) is 36.4 Å². The summed E-state index contributed by atoms with van der Waals surface area (Å²) in [6.07, 6.45) is -0.310. The molecule has 0 aromatic heterocycles. The standard InChI is InChI=1S/C33H39N3O4/c1-19-10-8-12-25(21(19)3)34-31(38)29-27(37)18-33(5,40)30(28(29)23-14-16-24(17-15-23)36(6)7)32(39)35-26-13-9-11-20(2)22(26)4/h8-17,28-30,40H,18H2,1-7H3,(H,34,38)(H,35,39). The molecule has 40 heavy (non-hydrogen) atoms.